The lowest BCUT2D eigenvalue weighted by molar-refractivity contribution is 0.176. The van der Waals surface area contributed by atoms with Gasteiger partial charge in [-0.1, -0.05) is 66.7 Å². The number of rotatable bonds is 1. The molecule has 3 aromatic rings. The van der Waals surface area contributed by atoms with Gasteiger partial charge in [-0.25, -0.2) is 0 Å². The van der Waals surface area contributed by atoms with Gasteiger partial charge < -0.3 is 9.84 Å². The van der Waals surface area contributed by atoms with Crippen molar-refractivity contribution in [3.63, 3.8) is 0 Å². The van der Waals surface area contributed by atoms with Crippen LogP contribution in [0.4, 0.5) is 0 Å². The first-order chi connectivity index (χ1) is 11.7. The predicted molar refractivity (Wildman–Crippen MR) is 97.4 cm³/mol. The molecule has 0 saturated carbocycles. The zero-order valence-corrected chi connectivity index (χ0v) is 13.9. The van der Waals surface area contributed by atoms with Crippen LogP contribution in [0.1, 0.15) is 29.2 Å². The van der Waals surface area contributed by atoms with Gasteiger partial charge in [-0.3, -0.25) is 0 Å². The largest absolute Gasteiger partial charge is 0.508 e. The molecular weight excluding hydrogens is 296 g/mol. The first-order valence-electron chi connectivity index (χ1n) is 8.28. The fourth-order valence-corrected chi connectivity index (χ4v) is 2.79. The third-order valence-electron chi connectivity index (χ3n) is 4.20. The summed E-state index contributed by atoms with van der Waals surface area (Å²) in [7, 11) is 0. The van der Waals surface area contributed by atoms with Gasteiger partial charge in [-0.2, -0.15) is 0 Å². The molecular formula is C22H22O2. The number of hydrogen-bond acceptors (Lipinski definition) is 2. The van der Waals surface area contributed by atoms with Gasteiger partial charge >= 0.3 is 0 Å². The average Bonchev–Trinajstić information content (AvgIpc) is 2.65. The Labute approximate surface area is 143 Å². The molecule has 1 heterocycles. The summed E-state index contributed by atoms with van der Waals surface area (Å²) in [6.45, 7) is 1.87. The number of para-hydroxylation sites is 2. The molecule has 0 saturated heterocycles. The highest BCUT2D eigenvalue weighted by Crippen LogP contribution is 2.34. The molecule has 0 radical (unpaired) electrons. The number of ether oxygens (including phenoxy) is 1. The molecule has 1 aliphatic heterocycles. The molecule has 24 heavy (non-hydrogen) atoms. The molecule has 0 aliphatic carbocycles. The summed E-state index contributed by atoms with van der Waals surface area (Å²) in [4.78, 5) is 0. The van der Waals surface area contributed by atoms with E-state index in [0.29, 0.717) is 5.75 Å². The van der Waals surface area contributed by atoms with Crippen molar-refractivity contribution in [3.8, 4) is 11.5 Å². The molecule has 2 nitrogen and oxygen atoms in total. The van der Waals surface area contributed by atoms with E-state index < -0.39 is 0 Å². The lowest BCUT2D eigenvalue weighted by Gasteiger charge is -2.26. The Balaban J connectivity index is 0.000000179. The molecule has 1 atom stereocenters. The first-order valence-corrected chi connectivity index (χ1v) is 8.28. The van der Waals surface area contributed by atoms with Crippen LogP contribution < -0.4 is 4.74 Å². The Kier molecular flexibility index (Phi) is 5.17. The van der Waals surface area contributed by atoms with E-state index >= 15 is 0 Å². The zero-order chi connectivity index (χ0) is 16.8. The Morgan fingerprint density at radius 1 is 0.833 bits per heavy atom. The number of aromatic hydroxyl groups is 1. The van der Waals surface area contributed by atoms with Crippen LogP contribution in [0, 0.1) is 6.92 Å². The molecule has 0 amide bonds. The summed E-state index contributed by atoms with van der Waals surface area (Å²) in [5.74, 6) is 1.41. The van der Waals surface area contributed by atoms with Gasteiger partial charge in [-0.15, -0.1) is 0 Å². The van der Waals surface area contributed by atoms with Gasteiger partial charge in [0.15, 0.2) is 0 Å². The van der Waals surface area contributed by atoms with E-state index in [1.165, 1.54) is 11.1 Å². The van der Waals surface area contributed by atoms with Gasteiger partial charge in [-0.05, 0) is 48.6 Å². The van der Waals surface area contributed by atoms with Gasteiger partial charge in [0, 0.05) is 0 Å². The van der Waals surface area contributed by atoms with Crippen LogP contribution in [0.15, 0.2) is 78.9 Å². The van der Waals surface area contributed by atoms with Crippen molar-refractivity contribution in [1.82, 2.24) is 0 Å². The Bertz CT molecular complexity index is 760. The van der Waals surface area contributed by atoms with Crippen molar-refractivity contribution in [2.24, 2.45) is 0 Å². The van der Waals surface area contributed by atoms with Crippen LogP contribution in [0.5, 0.6) is 11.5 Å². The Hall–Kier alpha value is -2.74. The van der Waals surface area contributed by atoms with Crippen molar-refractivity contribution in [2.75, 3.05) is 0 Å². The molecule has 3 aromatic carbocycles. The maximum Gasteiger partial charge on any atom is 0.124 e. The number of benzene rings is 3. The standard InChI is InChI=1S/C15H14O.C7H8O/c1-2-6-12(7-3-1)15-11-10-13-8-4-5-9-14(13)16-15;1-6-4-2-3-5-7(6)8/h1-9,15H,10-11H2;2-5,8H,1H3. The monoisotopic (exact) mass is 318 g/mol. The molecule has 0 spiro atoms. The lowest BCUT2D eigenvalue weighted by atomic mass is 9.98. The van der Waals surface area contributed by atoms with Crippen LogP contribution in [0.2, 0.25) is 0 Å². The molecule has 0 bridgehead atoms. The van der Waals surface area contributed by atoms with E-state index in [1.54, 1.807) is 6.07 Å². The fraction of sp³-hybridized carbons (Fsp3) is 0.182. The molecule has 1 unspecified atom stereocenters. The number of hydrogen-bond donors (Lipinski definition) is 1. The van der Waals surface area contributed by atoms with E-state index in [4.69, 9.17) is 9.84 Å². The van der Waals surface area contributed by atoms with Crippen molar-refractivity contribution in [2.45, 2.75) is 25.9 Å². The third-order valence-corrected chi connectivity index (χ3v) is 4.20. The van der Waals surface area contributed by atoms with Gasteiger partial charge in [0.25, 0.3) is 0 Å². The molecule has 1 aliphatic rings. The first kappa shape index (κ1) is 16.1. The Morgan fingerprint density at radius 3 is 2.21 bits per heavy atom. The normalized spacial score (nSPS) is 15.5. The molecule has 2 heteroatoms. The summed E-state index contributed by atoms with van der Waals surface area (Å²) >= 11 is 0. The Morgan fingerprint density at radius 2 is 1.50 bits per heavy atom. The molecule has 122 valence electrons. The van der Waals surface area contributed by atoms with Crippen LogP contribution in [0.25, 0.3) is 0 Å². The van der Waals surface area contributed by atoms with Crippen LogP contribution in [0.3, 0.4) is 0 Å². The lowest BCUT2D eigenvalue weighted by Crippen LogP contribution is -2.14. The minimum Gasteiger partial charge on any atom is -0.508 e. The number of phenols is 1. The summed E-state index contributed by atoms with van der Waals surface area (Å²) in [6, 6.07) is 26.0. The third kappa shape index (κ3) is 3.96. The van der Waals surface area contributed by atoms with E-state index in [9.17, 15) is 0 Å². The maximum atomic E-state index is 8.92. The molecule has 0 fully saturated rings. The molecule has 0 aromatic heterocycles. The average molecular weight is 318 g/mol. The fourth-order valence-electron chi connectivity index (χ4n) is 2.79. The summed E-state index contributed by atoms with van der Waals surface area (Å²) < 4.78 is 6.02. The summed E-state index contributed by atoms with van der Waals surface area (Å²) in [6.07, 6.45) is 2.40. The van der Waals surface area contributed by atoms with Crippen LogP contribution in [-0.2, 0) is 6.42 Å². The highest BCUT2D eigenvalue weighted by atomic mass is 16.5. The van der Waals surface area contributed by atoms with Crippen LogP contribution in [-0.4, -0.2) is 5.11 Å². The second-order valence-corrected chi connectivity index (χ2v) is 5.95. The SMILES string of the molecule is Cc1ccccc1O.c1ccc(C2CCc3ccccc3O2)cc1. The van der Waals surface area contributed by atoms with Crippen molar-refractivity contribution in [1.29, 1.82) is 0 Å². The van der Waals surface area contributed by atoms with Crippen molar-refractivity contribution >= 4 is 0 Å². The van der Waals surface area contributed by atoms with E-state index in [2.05, 4.69) is 42.5 Å². The van der Waals surface area contributed by atoms with E-state index in [-0.39, 0.29) is 6.10 Å². The zero-order valence-electron chi connectivity index (χ0n) is 13.9. The molecule has 4 rings (SSSR count). The minimum atomic E-state index is 0.219. The van der Waals surface area contributed by atoms with Gasteiger partial charge in [0.1, 0.15) is 17.6 Å². The highest BCUT2D eigenvalue weighted by Gasteiger charge is 2.20. The summed E-state index contributed by atoms with van der Waals surface area (Å²) in [5, 5.41) is 8.92. The summed E-state index contributed by atoms with van der Waals surface area (Å²) in [5.41, 5.74) is 3.53. The number of aryl methyl sites for hydroxylation is 2. The van der Waals surface area contributed by atoms with E-state index in [0.717, 1.165) is 24.2 Å². The second-order valence-electron chi connectivity index (χ2n) is 5.95. The van der Waals surface area contributed by atoms with Gasteiger partial charge in [0.2, 0.25) is 0 Å². The highest BCUT2D eigenvalue weighted by molar-refractivity contribution is 5.36. The maximum absolute atomic E-state index is 8.92. The number of phenolic OH excluding ortho intramolecular Hbond substituents is 1. The smallest absolute Gasteiger partial charge is 0.124 e. The topological polar surface area (TPSA) is 29.5 Å². The number of fused-ring (bicyclic) bond motifs is 1. The van der Waals surface area contributed by atoms with Gasteiger partial charge in [0.05, 0.1) is 0 Å². The second kappa shape index (κ2) is 7.69. The quantitative estimate of drug-likeness (QED) is 0.646. The predicted octanol–water partition coefficient (Wildman–Crippen LogP) is 5.45. The molecule has 1 N–H and O–H groups in total. The van der Waals surface area contributed by atoms with Crippen molar-refractivity contribution in [3.05, 3.63) is 95.6 Å². The van der Waals surface area contributed by atoms with E-state index in [1.807, 2.05) is 37.3 Å². The van der Waals surface area contributed by atoms with Crippen molar-refractivity contribution < 1.29 is 9.84 Å². The van der Waals surface area contributed by atoms with Crippen LogP contribution >= 0.6 is 0 Å². The minimum absolute atomic E-state index is 0.219.